The maximum Gasteiger partial charge on any atom is 0.273 e. The summed E-state index contributed by atoms with van der Waals surface area (Å²) < 4.78 is 5.25. The van der Waals surface area contributed by atoms with Crippen molar-refractivity contribution in [2.45, 2.75) is 63.5 Å². The summed E-state index contributed by atoms with van der Waals surface area (Å²) in [7, 11) is 2.19. The molecule has 2 saturated carbocycles. The standard InChI is InChI=1S/C21H27N3O2/c1-24(17-5-3-2-4-6-17)18-11-7-15(8-12-18)14-22-21(25)19-13-20(26-23-19)16-9-10-16/h7-8,11-13,16-17H,2-6,9-10,14H2,1H3,(H,22,25). The third-order valence-corrected chi connectivity index (χ3v) is 5.66. The summed E-state index contributed by atoms with van der Waals surface area (Å²) in [6, 6.07) is 10.9. The van der Waals surface area contributed by atoms with Crippen molar-refractivity contribution in [2.24, 2.45) is 0 Å². The molecule has 1 N–H and O–H groups in total. The molecule has 2 aliphatic rings. The molecule has 4 rings (SSSR count). The van der Waals surface area contributed by atoms with Gasteiger partial charge in [-0.15, -0.1) is 0 Å². The minimum Gasteiger partial charge on any atom is -0.372 e. The van der Waals surface area contributed by atoms with Crippen LogP contribution in [0.25, 0.3) is 0 Å². The van der Waals surface area contributed by atoms with Crippen molar-refractivity contribution < 1.29 is 9.32 Å². The molecule has 1 amide bonds. The second-order valence-corrected chi connectivity index (χ2v) is 7.64. The lowest BCUT2D eigenvalue weighted by Gasteiger charge is -2.33. The Bertz CT molecular complexity index is 743. The molecule has 0 aliphatic heterocycles. The van der Waals surface area contributed by atoms with Gasteiger partial charge in [-0.3, -0.25) is 4.79 Å². The molecule has 0 unspecified atom stereocenters. The van der Waals surface area contributed by atoms with E-state index in [4.69, 9.17) is 4.52 Å². The van der Waals surface area contributed by atoms with Gasteiger partial charge in [-0.2, -0.15) is 0 Å². The van der Waals surface area contributed by atoms with E-state index in [2.05, 4.69) is 46.7 Å². The lowest BCUT2D eigenvalue weighted by Crippen LogP contribution is -2.33. The third-order valence-electron chi connectivity index (χ3n) is 5.66. The van der Waals surface area contributed by atoms with Crippen LogP contribution in [-0.2, 0) is 6.54 Å². The number of amides is 1. The number of hydrogen-bond acceptors (Lipinski definition) is 4. The Hall–Kier alpha value is -2.30. The first-order valence-electron chi connectivity index (χ1n) is 9.77. The second kappa shape index (κ2) is 7.52. The van der Waals surface area contributed by atoms with Gasteiger partial charge in [0.2, 0.25) is 0 Å². The minimum atomic E-state index is -0.177. The Morgan fingerprint density at radius 3 is 2.58 bits per heavy atom. The van der Waals surface area contributed by atoms with Crippen LogP contribution in [0.1, 0.15) is 72.7 Å². The zero-order valence-corrected chi connectivity index (χ0v) is 15.4. The number of carbonyl (C=O) groups is 1. The van der Waals surface area contributed by atoms with E-state index in [9.17, 15) is 4.79 Å². The molecule has 5 heteroatoms. The van der Waals surface area contributed by atoms with Gasteiger partial charge in [-0.1, -0.05) is 36.6 Å². The monoisotopic (exact) mass is 353 g/mol. The van der Waals surface area contributed by atoms with Crippen LogP contribution < -0.4 is 10.2 Å². The highest BCUT2D eigenvalue weighted by atomic mass is 16.5. The minimum absolute atomic E-state index is 0.177. The van der Waals surface area contributed by atoms with Gasteiger partial charge in [0.05, 0.1) is 0 Å². The summed E-state index contributed by atoms with van der Waals surface area (Å²) in [6.07, 6.45) is 8.89. The summed E-state index contributed by atoms with van der Waals surface area (Å²) in [5.74, 6) is 1.13. The van der Waals surface area contributed by atoms with Crippen LogP contribution in [-0.4, -0.2) is 24.2 Å². The largest absolute Gasteiger partial charge is 0.372 e. The Balaban J connectivity index is 1.31. The zero-order chi connectivity index (χ0) is 17.9. The van der Waals surface area contributed by atoms with Gasteiger partial charge in [0, 0.05) is 37.3 Å². The molecule has 1 heterocycles. The summed E-state index contributed by atoms with van der Waals surface area (Å²) >= 11 is 0. The number of nitrogens with one attached hydrogen (secondary N) is 1. The van der Waals surface area contributed by atoms with Crippen LogP contribution in [0.2, 0.25) is 0 Å². The fraction of sp³-hybridized carbons (Fsp3) is 0.524. The molecule has 0 radical (unpaired) electrons. The van der Waals surface area contributed by atoms with Crippen molar-refractivity contribution >= 4 is 11.6 Å². The molecule has 0 saturated heterocycles. The maximum absolute atomic E-state index is 12.2. The number of hydrogen-bond donors (Lipinski definition) is 1. The number of rotatable bonds is 6. The fourth-order valence-corrected chi connectivity index (χ4v) is 3.76. The summed E-state index contributed by atoms with van der Waals surface area (Å²) in [4.78, 5) is 14.6. The van der Waals surface area contributed by atoms with Crippen molar-refractivity contribution in [1.82, 2.24) is 10.5 Å². The first-order valence-corrected chi connectivity index (χ1v) is 9.77. The molecule has 2 aliphatic carbocycles. The van der Waals surface area contributed by atoms with Crippen molar-refractivity contribution in [3.63, 3.8) is 0 Å². The average molecular weight is 353 g/mol. The lowest BCUT2D eigenvalue weighted by molar-refractivity contribution is 0.0941. The maximum atomic E-state index is 12.2. The van der Waals surface area contributed by atoms with E-state index in [1.807, 2.05) is 0 Å². The number of anilines is 1. The predicted octanol–water partition coefficient (Wildman–Crippen LogP) is 4.25. The Kier molecular flexibility index (Phi) is 4.96. The quantitative estimate of drug-likeness (QED) is 0.843. The molecular weight excluding hydrogens is 326 g/mol. The van der Waals surface area contributed by atoms with Crippen molar-refractivity contribution in [3.8, 4) is 0 Å². The number of carbonyl (C=O) groups excluding carboxylic acids is 1. The van der Waals surface area contributed by atoms with Gasteiger partial charge >= 0.3 is 0 Å². The van der Waals surface area contributed by atoms with E-state index in [-0.39, 0.29) is 5.91 Å². The number of nitrogens with zero attached hydrogens (tertiary/aromatic N) is 2. The number of aromatic nitrogens is 1. The molecule has 0 atom stereocenters. The van der Waals surface area contributed by atoms with E-state index in [0.717, 1.165) is 24.2 Å². The molecular formula is C21H27N3O2. The average Bonchev–Trinajstić information content (AvgIpc) is 3.43. The predicted molar refractivity (Wildman–Crippen MR) is 101 cm³/mol. The Morgan fingerprint density at radius 2 is 1.88 bits per heavy atom. The number of benzene rings is 1. The van der Waals surface area contributed by atoms with E-state index >= 15 is 0 Å². The summed E-state index contributed by atoms with van der Waals surface area (Å²) in [5.41, 5.74) is 2.71. The second-order valence-electron chi connectivity index (χ2n) is 7.64. The van der Waals surface area contributed by atoms with E-state index in [1.165, 1.54) is 37.8 Å². The van der Waals surface area contributed by atoms with Crippen LogP contribution >= 0.6 is 0 Å². The SMILES string of the molecule is CN(c1ccc(CNC(=O)c2cc(C3CC3)on2)cc1)C1CCCCC1. The van der Waals surface area contributed by atoms with Crippen LogP contribution in [0.4, 0.5) is 5.69 Å². The van der Waals surface area contributed by atoms with E-state index in [1.54, 1.807) is 6.07 Å². The highest BCUT2D eigenvalue weighted by Crippen LogP contribution is 2.40. The molecule has 2 fully saturated rings. The van der Waals surface area contributed by atoms with Crippen LogP contribution in [0.15, 0.2) is 34.9 Å². The van der Waals surface area contributed by atoms with Gasteiger partial charge in [0.1, 0.15) is 5.76 Å². The topological polar surface area (TPSA) is 58.4 Å². The molecule has 0 bridgehead atoms. The third kappa shape index (κ3) is 3.92. The van der Waals surface area contributed by atoms with Gasteiger partial charge in [0.25, 0.3) is 5.91 Å². The van der Waals surface area contributed by atoms with Gasteiger partial charge in [0.15, 0.2) is 5.69 Å². The van der Waals surface area contributed by atoms with Crippen molar-refractivity contribution in [3.05, 3.63) is 47.3 Å². The van der Waals surface area contributed by atoms with E-state index < -0.39 is 0 Å². The molecule has 0 spiro atoms. The molecule has 1 aromatic carbocycles. The first-order chi connectivity index (χ1) is 12.7. The van der Waals surface area contributed by atoms with Gasteiger partial charge < -0.3 is 14.7 Å². The molecule has 5 nitrogen and oxygen atoms in total. The van der Waals surface area contributed by atoms with E-state index in [0.29, 0.717) is 24.2 Å². The highest BCUT2D eigenvalue weighted by Gasteiger charge is 2.28. The zero-order valence-electron chi connectivity index (χ0n) is 15.4. The normalized spacial score (nSPS) is 17.9. The molecule has 2 aromatic rings. The van der Waals surface area contributed by atoms with Gasteiger partial charge in [-0.25, -0.2) is 0 Å². The summed E-state index contributed by atoms with van der Waals surface area (Å²) in [5, 5.41) is 6.81. The van der Waals surface area contributed by atoms with Crippen LogP contribution in [0.3, 0.4) is 0 Å². The van der Waals surface area contributed by atoms with Crippen LogP contribution in [0, 0.1) is 0 Å². The molecule has 1 aromatic heterocycles. The molecule has 138 valence electrons. The van der Waals surface area contributed by atoms with Crippen molar-refractivity contribution in [2.75, 3.05) is 11.9 Å². The summed E-state index contributed by atoms with van der Waals surface area (Å²) in [6.45, 7) is 0.498. The first kappa shape index (κ1) is 17.1. The molecule has 26 heavy (non-hydrogen) atoms. The van der Waals surface area contributed by atoms with Gasteiger partial charge in [-0.05, 0) is 43.4 Å². The fourth-order valence-electron chi connectivity index (χ4n) is 3.76. The lowest BCUT2D eigenvalue weighted by atomic mass is 9.94. The van der Waals surface area contributed by atoms with Crippen LogP contribution in [0.5, 0.6) is 0 Å². The van der Waals surface area contributed by atoms with Crippen molar-refractivity contribution in [1.29, 1.82) is 0 Å². The highest BCUT2D eigenvalue weighted by molar-refractivity contribution is 5.92. The smallest absolute Gasteiger partial charge is 0.273 e. The Morgan fingerprint density at radius 1 is 1.15 bits per heavy atom. The Labute approximate surface area is 154 Å².